The van der Waals surface area contributed by atoms with Crippen LogP contribution >= 0.6 is 0 Å². The molecule has 2 aliphatic carbocycles. The number of benzene rings is 2. The van der Waals surface area contributed by atoms with Crippen molar-refractivity contribution in [2.75, 3.05) is 25.7 Å². The monoisotopic (exact) mass is 643 g/mol. The van der Waals surface area contributed by atoms with Crippen molar-refractivity contribution >= 4 is 32.6 Å². The van der Waals surface area contributed by atoms with Gasteiger partial charge in [-0.3, -0.25) is 9.88 Å². The molecule has 242 valence electrons. The Morgan fingerprint density at radius 2 is 1.76 bits per heavy atom. The number of hydrogen-bond acceptors (Lipinski definition) is 7. The third-order valence-corrected chi connectivity index (χ3v) is 11.3. The third kappa shape index (κ3) is 6.10. The molecule has 0 N–H and O–H groups in total. The molecular formula is C36H41N3O6S. The summed E-state index contributed by atoms with van der Waals surface area (Å²) in [6, 6.07) is 11.5. The van der Waals surface area contributed by atoms with Gasteiger partial charge in [-0.15, -0.1) is 0 Å². The van der Waals surface area contributed by atoms with Crippen molar-refractivity contribution < 1.29 is 27.4 Å². The summed E-state index contributed by atoms with van der Waals surface area (Å²) < 4.78 is 46.5. The van der Waals surface area contributed by atoms with Crippen LogP contribution in [0.2, 0.25) is 0 Å². The number of carbonyl (C=O) groups is 1. The van der Waals surface area contributed by atoms with Gasteiger partial charge >= 0.3 is 6.03 Å². The zero-order chi connectivity index (χ0) is 32.6. The number of rotatable bonds is 9. The normalized spacial score (nSPS) is 24.8. The quantitative estimate of drug-likeness (QED) is 0.221. The van der Waals surface area contributed by atoms with Gasteiger partial charge in [0.1, 0.15) is 16.7 Å². The van der Waals surface area contributed by atoms with Gasteiger partial charge in [0.2, 0.25) is 10.0 Å². The summed E-state index contributed by atoms with van der Waals surface area (Å²) in [5.74, 6) is 2.77. The number of urea groups is 1. The fourth-order valence-electron chi connectivity index (χ4n) is 6.97. The lowest BCUT2D eigenvalue weighted by Crippen LogP contribution is -2.46. The Labute approximate surface area is 271 Å². The Balaban J connectivity index is 1.28. The molecule has 6 rings (SSSR count). The van der Waals surface area contributed by atoms with Gasteiger partial charge in [-0.25, -0.2) is 17.5 Å². The highest BCUT2D eigenvalue weighted by atomic mass is 32.2. The van der Waals surface area contributed by atoms with Gasteiger partial charge < -0.3 is 14.2 Å². The Hall–Kier alpha value is -4.31. The van der Waals surface area contributed by atoms with Gasteiger partial charge in [0.15, 0.2) is 11.5 Å². The lowest BCUT2D eigenvalue weighted by molar-refractivity contribution is 0.213. The highest BCUT2D eigenvalue weighted by Gasteiger charge is 2.49. The summed E-state index contributed by atoms with van der Waals surface area (Å²) in [5, 5.41) is -0.0233. The topological polar surface area (TPSA) is 98.3 Å². The van der Waals surface area contributed by atoms with Crippen LogP contribution in [0.1, 0.15) is 46.5 Å². The molecule has 0 radical (unpaired) electrons. The summed E-state index contributed by atoms with van der Waals surface area (Å²) in [6.45, 7) is 6.61. The molecule has 1 aromatic heterocycles. The second-order valence-electron chi connectivity index (χ2n) is 12.9. The maximum atomic E-state index is 14.1. The van der Waals surface area contributed by atoms with Crippen LogP contribution in [0.15, 0.2) is 84.6 Å². The van der Waals surface area contributed by atoms with Gasteiger partial charge in [-0.1, -0.05) is 49.8 Å². The van der Waals surface area contributed by atoms with E-state index in [0.29, 0.717) is 53.0 Å². The van der Waals surface area contributed by atoms with E-state index in [1.165, 1.54) is 4.31 Å². The first-order valence-electron chi connectivity index (χ1n) is 15.7. The Morgan fingerprint density at radius 3 is 2.43 bits per heavy atom. The van der Waals surface area contributed by atoms with Gasteiger partial charge in [-0.2, -0.15) is 0 Å². The van der Waals surface area contributed by atoms with E-state index in [2.05, 4.69) is 31.0 Å². The molecule has 9 nitrogen and oxygen atoms in total. The SMILES string of the molecule is COc1cc2nccc(Oc3ccc(N4CC(CC5(C)C=CCC(C)C5)N(S(=O)(=O)C5C=CC(C)=CC5)C4=O)cc3)c2cc1OC. The number of anilines is 1. The van der Waals surface area contributed by atoms with Crippen molar-refractivity contribution in [3.05, 3.63) is 84.6 Å². The van der Waals surface area contributed by atoms with Crippen molar-refractivity contribution in [2.45, 2.75) is 57.7 Å². The predicted octanol–water partition coefficient (Wildman–Crippen LogP) is 7.64. The number of aromatic nitrogens is 1. The minimum absolute atomic E-state index is 0.205. The first-order valence-corrected chi connectivity index (χ1v) is 17.2. The molecule has 2 heterocycles. The van der Waals surface area contributed by atoms with Gasteiger partial charge in [0.05, 0.1) is 25.8 Å². The first kappa shape index (κ1) is 31.7. The maximum Gasteiger partial charge on any atom is 0.338 e. The number of hydrogen-bond donors (Lipinski definition) is 0. The van der Waals surface area contributed by atoms with Crippen LogP contribution < -0.4 is 19.1 Å². The molecule has 1 fully saturated rings. The molecule has 4 atom stereocenters. The molecule has 1 saturated heterocycles. The average molecular weight is 644 g/mol. The number of amides is 2. The Kier molecular flexibility index (Phi) is 8.58. The van der Waals surface area contributed by atoms with Crippen LogP contribution in [0.4, 0.5) is 10.5 Å². The molecule has 46 heavy (non-hydrogen) atoms. The van der Waals surface area contributed by atoms with Crippen LogP contribution in [0.3, 0.4) is 0 Å². The zero-order valence-corrected chi connectivity index (χ0v) is 27.8. The van der Waals surface area contributed by atoms with Crippen molar-refractivity contribution in [1.82, 2.24) is 9.29 Å². The summed E-state index contributed by atoms with van der Waals surface area (Å²) in [6.07, 6.45) is 14.4. The van der Waals surface area contributed by atoms with Crippen molar-refractivity contribution in [3.63, 3.8) is 0 Å². The van der Waals surface area contributed by atoms with E-state index >= 15 is 0 Å². The Morgan fingerprint density at radius 1 is 1.02 bits per heavy atom. The second-order valence-corrected chi connectivity index (χ2v) is 14.9. The number of carbonyl (C=O) groups excluding carboxylic acids is 1. The molecule has 0 spiro atoms. The number of sulfonamides is 1. The molecule has 3 aliphatic rings. The molecular weight excluding hydrogens is 602 g/mol. The lowest BCUT2D eigenvalue weighted by Gasteiger charge is -2.37. The first-order chi connectivity index (χ1) is 22.0. The van der Waals surface area contributed by atoms with E-state index in [1.807, 2.05) is 25.1 Å². The summed E-state index contributed by atoms with van der Waals surface area (Å²) in [5.41, 5.74) is 2.12. The standard InChI is InChI=1S/C36H41N3O6S/c1-24-8-14-29(15-9-24)46(41,42)39-27(22-36(3)17-6-7-25(2)21-36)23-38(35(39)40)26-10-12-28(13-11-26)45-32-16-18-37-31-20-34(44-5)33(43-4)19-30(31)32/h6,8-14,16-20,25,27,29H,7,15,21-23H2,1-5H3. The number of nitrogens with zero attached hydrogens (tertiary/aromatic N) is 3. The van der Waals surface area contributed by atoms with Crippen LogP contribution in [-0.2, 0) is 10.0 Å². The van der Waals surface area contributed by atoms with Crippen LogP contribution in [0, 0.1) is 11.3 Å². The molecule has 0 bridgehead atoms. The van der Waals surface area contributed by atoms with Gasteiger partial charge in [0, 0.05) is 29.9 Å². The summed E-state index contributed by atoms with van der Waals surface area (Å²) >= 11 is 0. The Bertz CT molecular complexity index is 1830. The van der Waals surface area contributed by atoms with Crippen LogP contribution in [0.25, 0.3) is 10.9 Å². The molecule has 2 amide bonds. The number of ether oxygens (including phenoxy) is 3. The van der Waals surface area contributed by atoms with E-state index in [4.69, 9.17) is 14.2 Å². The average Bonchev–Trinajstić information content (AvgIpc) is 3.36. The van der Waals surface area contributed by atoms with E-state index < -0.39 is 27.3 Å². The molecule has 0 saturated carbocycles. The lowest BCUT2D eigenvalue weighted by atomic mass is 9.72. The summed E-state index contributed by atoms with van der Waals surface area (Å²) in [4.78, 5) is 20.1. The molecule has 1 aliphatic heterocycles. The van der Waals surface area contributed by atoms with E-state index in [9.17, 15) is 13.2 Å². The predicted molar refractivity (Wildman–Crippen MR) is 180 cm³/mol. The van der Waals surface area contributed by atoms with Crippen molar-refractivity contribution in [3.8, 4) is 23.0 Å². The van der Waals surface area contributed by atoms with E-state index in [-0.39, 0.29) is 12.0 Å². The van der Waals surface area contributed by atoms with Crippen molar-refractivity contribution in [1.29, 1.82) is 0 Å². The molecule has 3 aromatic rings. The van der Waals surface area contributed by atoms with Gasteiger partial charge in [-0.05, 0) is 80.3 Å². The summed E-state index contributed by atoms with van der Waals surface area (Å²) in [7, 11) is -0.807. The minimum atomic E-state index is -3.96. The zero-order valence-electron chi connectivity index (χ0n) is 27.0. The number of methoxy groups -OCH3 is 2. The molecule has 10 heteroatoms. The van der Waals surface area contributed by atoms with E-state index in [0.717, 1.165) is 23.8 Å². The largest absolute Gasteiger partial charge is 0.493 e. The number of pyridine rings is 1. The fraction of sp³-hybridized carbons (Fsp3) is 0.389. The second kappa shape index (κ2) is 12.5. The van der Waals surface area contributed by atoms with Crippen LogP contribution in [0.5, 0.6) is 23.0 Å². The highest BCUT2D eigenvalue weighted by molar-refractivity contribution is 7.90. The van der Waals surface area contributed by atoms with Crippen LogP contribution in [-0.4, -0.2) is 55.8 Å². The number of allylic oxidation sites excluding steroid dienone is 5. The van der Waals surface area contributed by atoms with E-state index in [1.54, 1.807) is 67.8 Å². The third-order valence-electron chi connectivity index (χ3n) is 9.21. The molecule has 2 aromatic carbocycles. The highest BCUT2D eigenvalue weighted by Crippen LogP contribution is 2.43. The van der Waals surface area contributed by atoms with Crippen molar-refractivity contribution in [2.24, 2.45) is 11.3 Å². The maximum absolute atomic E-state index is 14.1. The smallest absolute Gasteiger partial charge is 0.338 e. The van der Waals surface area contributed by atoms with Gasteiger partial charge in [0.25, 0.3) is 0 Å². The molecule has 4 unspecified atom stereocenters. The fourth-order valence-corrected chi connectivity index (χ4v) is 8.75. The minimum Gasteiger partial charge on any atom is -0.493 e. The number of fused-ring (bicyclic) bond motifs is 1.